The average Bonchev–Trinajstić information content (AvgIpc) is 2.70. The van der Waals surface area contributed by atoms with Gasteiger partial charge in [-0.15, -0.1) is 0 Å². The molecule has 0 atom stereocenters. The number of ketones is 1. The summed E-state index contributed by atoms with van der Waals surface area (Å²) < 4.78 is 0. The lowest BCUT2D eigenvalue weighted by molar-refractivity contribution is -0.121. The molecule has 0 aromatic heterocycles. The van der Waals surface area contributed by atoms with Crippen molar-refractivity contribution in [2.24, 2.45) is 0 Å². The molecular weight excluding hydrogens is 334 g/mol. The van der Waals surface area contributed by atoms with Gasteiger partial charge in [0.05, 0.1) is 5.57 Å². The fraction of sp³-hybridized carbons (Fsp3) is 0.167. The molecule has 0 aliphatic heterocycles. The van der Waals surface area contributed by atoms with E-state index in [1.807, 2.05) is 60.7 Å². The Balaban J connectivity index is 1.70. The molecule has 0 unspecified atom stereocenters. The van der Waals surface area contributed by atoms with Gasteiger partial charge in [-0.05, 0) is 47.7 Å². The number of amides is 1. The minimum absolute atomic E-state index is 0.186. The molecular formula is C24H23NO2. The summed E-state index contributed by atoms with van der Waals surface area (Å²) in [6, 6.07) is 24.0. The second-order valence-electron chi connectivity index (χ2n) is 6.53. The van der Waals surface area contributed by atoms with Gasteiger partial charge in [0.1, 0.15) is 0 Å². The third-order valence-electron chi connectivity index (χ3n) is 4.52. The van der Waals surface area contributed by atoms with Crippen LogP contribution in [0, 0.1) is 0 Å². The Kier molecular flexibility index (Phi) is 6.16. The summed E-state index contributed by atoms with van der Waals surface area (Å²) in [6.45, 7) is 1.97. The lowest BCUT2D eigenvalue weighted by atomic mass is 10.0. The number of benzene rings is 3. The molecule has 0 aliphatic rings. The molecule has 1 amide bonds. The minimum Gasteiger partial charge on any atom is -0.352 e. The number of hydrogen-bond acceptors (Lipinski definition) is 2. The molecule has 0 saturated carbocycles. The van der Waals surface area contributed by atoms with Crippen molar-refractivity contribution in [2.75, 3.05) is 6.54 Å². The maximum Gasteiger partial charge on any atom is 0.254 e. The van der Waals surface area contributed by atoms with E-state index < -0.39 is 0 Å². The molecule has 0 aliphatic carbocycles. The number of Topliss-reactive ketones (excluding diaryl/α,β-unsaturated/α-hetero) is 1. The molecule has 3 aromatic carbocycles. The van der Waals surface area contributed by atoms with Crippen molar-refractivity contribution in [3.05, 3.63) is 89.5 Å². The first-order valence-electron chi connectivity index (χ1n) is 9.17. The van der Waals surface area contributed by atoms with Crippen LogP contribution in [-0.4, -0.2) is 18.2 Å². The first-order chi connectivity index (χ1) is 13.1. The lowest BCUT2D eigenvalue weighted by Gasteiger charge is -2.08. The first kappa shape index (κ1) is 18.6. The van der Waals surface area contributed by atoms with E-state index >= 15 is 0 Å². The van der Waals surface area contributed by atoms with Crippen LogP contribution in [0.2, 0.25) is 0 Å². The lowest BCUT2D eigenvalue weighted by Crippen LogP contribution is -2.28. The predicted octanol–water partition coefficient (Wildman–Crippen LogP) is 4.56. The molecule has 136 valence electrons. The second kappa shape index (κ2) is 8.95. The number of carbonyl (C=O) groups excluding carboxylic acids is 2. The number of carbonyl (C=O) groups is 2. The van der Waals surface area contributed by atoms with Gasteiger partial charge in [-0.3, -0.25) is 9.59 Å². The van der Waals surface area contributed by atoms with Gasteiger partial charge in [-0.1, -0.05) is 72.8 Å². The Morgan fingerprint density at radius 1 is 0.889 bits per heavy atom. The van der Waals surface area contributed by atoms with Gasteiger partial charge < -0.3 is 5.32 Å². The predicted molar refractivity (Wildman–Crippen MR) is 110 cm³/mol. The fourth-order valence-electron chi connectivity index (χ4n) is 3.09. The number of aryl methyl sites for hydroxylation is 1. The Morgan fingerprint density at radius 3 is 2.37 bits per heavy atom. The highest BCUT2D eigenvalue weighted by atomic mass is 16.2. The first-order valence-corrected chi connectivity index (χ1v) is 9.17. The zero-order chi connectivity index (χ0) is 19.1. The molecule has 3 heteroatoms. The number of rotatable bonds is 7. The maximum atomic E-state index is 12.5. The van der Waals surface area contributed by atoms with Gasteiger partial charge in [0.2, 0.25) is 0 Å². The fourth-order valence-corrected chi connectivity index (χ4v) is 3.09. The Labute approximate surface area is 159 Å². The van der Waals surface area contributed by atoms with Crippen LogP contribution in [0.4, 0.5) is 0 Å². The van der Waals surface area contributed by atoms with E-state index in [2.05, 4.69) is 17.4 Å². The minimum atomic E-state index is -0.316. The highest BCUT2D eigenvalue weighted by Gasteiger charge is 2.14. The molecule has 1 N–H and O–H groups in total. The summed E-state index contributed by atoms with van der Waals surface area (Å²) >= 11 is 0. The molecule has 0 radical (unpaired) electrons. The summed E-state index contributed by atoms with van der Waals surface area (Å²) in [7, 11) is 0. The Bertz CT molecular complexity index is 969. The standard InChI is InChI=1S/C24H23NO2/c1-18(26)23(17-21-14-7-13-20-12-5-6-15-22(20)21)24(27)25-16-8-11-19-9-3-2-4-10-19/h2-7,9-10,12-15,17H,8,11,16H2,1H3,(H,25,27). The van der Waals surface area contributed by atoms with Crippen LogP contribution in [0.3, 0.4) is 0 Å². The molecule has 0 heterocycles. The van der Waals surface area contributed by atoms with Crippen molar-refractivity contribution in [2.45, 2.75) is 19.8 Å². The zero-order valence-corrected chi connectivity index (χ0v) is 15.4. The van der Waals surface area contributed by atoms with E-state index in [0.29, 0.717) is 6.54 Å². The normalized spacial score (nSPS) is 11.4. The van der Waals surface area contributed by atoms with Crippen LogP contribution in [0.1, 0.15) is 24.5 Å². The topological polar surface area (TPSA) is 46.2 Å². The maximum absolute atomic E-state index is 12.5. The Morgan fingerprint density at radius 2 is 1.59 bits per heavy atom. The van der Waals surface area contributed by atoms with E-state index in [1.54, 1.807) is 6.08 Å². The number of nitrogens with one attached hydrogen (secondary N) is 1. The average molecular weight is 357 g/mol. The monoisotopic (exact) mass is 357 g/mol. The van der Waals surface area contributed by atoms with Gasteiger partial charge in [-0.2, -0.15) is 0 Å². The quantitative estimate of drug-likeness (QED) is 0.292. The van der Waals surface area contributed by atoms with Crippen molar-refractivity contribution in [1.82, 2.24) is 5.32 Å². The van der Waals surface area contributed by atoms with Crippen molar-refractivity contribution in [1.29, 1.82) is 0 Å². The molecule has 0 spiro atoms. The molecule has 3 aromatic rings. The largest absolute Gasteiger partial charge is 0.352 e. The summed E-state index contributed by atoms with van der Waals surface area (Å²) in [5.74, 6) is -0.549. The second-order valence-corrected chi connectivity index (χ2v) is 6.53. The summed E-state index contributed by atoms with van der Waals surface area (Å²) in [5, 5.41) is 4.98. The van der Waals surface area contributed by atoms with Gasteiger partial charge in [0.15, 0.2) is 5.78 Å². The van der Waals surface area contributed by atoms with Crippen LogP contribution in [0.25, 0.3) is 16.8 Å². The van der Waals surface area contributed by atoms with E-state index in [1.165, 1.54) is 12.5 Å². The van der Waals surface area contributed by atoms with Gasteiger partial charge in [0, 0.05) is 6.54 Å². The number of hydrogen-bond donors (Lipinski definition) is 1. The molecule has 27 heavy (non-hydrogen) atoms. The van der Waals surface area contributed by atoms with Crippen molar-refractivity contribution in [3.63, 3.8) is 0 Å². The van der Waals surface area contributed by atoms with Crippen LogP contribution in [0.15, 0.2) is 78.4 Å². The molecule has 0 saturated heterocycles. The van der Waals surface area contributed by atoms with E-state index in [-0.39, 0.29) is 17.3 Å². The van der Waals surface area contributed by atoms with E-state index in [0.717, 1.165) is 29.2 Å². The molecule has 0 fully saturated rings. The summed E-state index contributed by atoms with van der Waals surface area (Å²) in [5.41, 5.74) is 2.30. The van der Waals surface area contributed by atoms with Crippen molar-refractivity contribution >= 4 is 28.5 Å². The third-order valence-corrected chi connectivity index (χ3v) is 4.52. The highest BCUT2D eigenvalue weighted by molar-refractivity contribution is 6.22. The zero-order valence-electron chi connectivity index (χ0n) is 15.4. The Hall–Kier alpha value is -3.20. The van der Waals surface area contributed by atoms with Crippen LogP contribution in [-0.2, 0) is 16.0 Å². The molecule has 3 rings (SSSR count). The van der Waals surface area contributed by atoms with E-state index in [9.17, 15) is 9.59 Å². The van der Waals surface area contributed by atoms with Gasteiger partial charge in [0.25, 0.3) is 5.91 Å². The van der Waals surface area contributed by atoms with Crippen molar-refractivity contribution < 1.29 is 9.59 Å². The number of fused-ring (bicyclic) bond motifs is 1. The highest BCUT2D eigenvalue weighted by Crippen LogP contribution is 2.21. The van der Waals surface area contributed by atoms with Gasteiger partial charge in [-0.25, -0.2) is 0 Å². The SMILES string of the molecule is CC(=O)C(=Cc1cccc2ccccc12)C(=O)NCCCc1ccccc1. The van der Waals surface area contributed by atoms with Crippen LogP contribution < -0.4 is 5.32 Å². The van der Waals surface area contributed by atoms with Crippen LogP contribution >= 0.6 is 0 Å². The summed E-state index contributed by atoms with van der Waals surface area (Å²) in [4.78, 5) is 24.6. The molecule has 3 nitrogen and oxygen atoms in total. The van der Waals surface area contributed by atoms with Gasteiger partial charge >= 0.3 is 0 Å². The smallest absolute Gasteiger partial charge is 0.254 e. The van der Waals surface area contributed by atoms with E-state index in [4.69, 9.17) is 0 Å². The van der Waals surface area contributed by atoms with Crippen LogP contribution in [0.5, 0.6) is 0 Å². The summed E-state index contributed by atoms with van der Waals surface area (Å²) in [6.07, 6.45) is 3.41. The third kappa shape index (κ3) is 4.91. The molecule has 0 bridgehead atoms. The van der Waals surface area contributed by atoms with Crippen molar-refractivity contribution in [3.8, 4) is 0 Å².